The van der Waals surface area contributed by atoms with Crippen molar-refractivity contribution in [1.82, 2.24) is 30.5 Å². The molecule has 4 amide bonds. The van der Waals surface area contributed by atoms with E-state index in [0.717, 1.165) is 102 Å². The quantitative estimate of drug-likeness (QED) is 0.227. The number of hydrogen-bond acceptors (Lipinski definition) is 11. The van der Waals surface area contributed by atoms with Crippen LogP contribution in [0.15, 0.2) is 48.8 Å². The van der Waals surface area contributed by atoms with Crippen LogP contribution in [-0.4, -0.2) is 95.3 Å². The molecule has 4 aliphatic rings. The molecule has 0 saturated carbocycles. The summed E-state index contributed by atoms with van der Waals surface area (Å²) in [5.74, 6) is 0.503. The molecule has 0 aliphatic carbocycles. The number of nitrogens with two attached hydrogens (primary N) is 1. The summed E-state index contributed by atoms with van der Waals surface area (Å²) in [6.07, 6.45) is 11.8. The second kappa shape index (κ2) is 16.1. The Balaban J connectivity index is 0.850. The van der Waals surface area contributed by atoms with Crippen molar-refractivity contribution in [2.75, 3.05) is 60.9 Å². The van der Waals surface area contributed by atoms with Crippen molar-refractivity contribution < 1.29 is 19.2 Å². The fourth-order valence-corrected chi connectivity index (χ4v) is 7.86. The van der Waals surface area contributed by atoms with E-state index in [9.17, 15) is 19.2 Å². The van der Waals surface area contributed by atoms with Gasteiger partial charge in [0.1, 0.15) is 17.6 Å². The Kier molecular flexibility index (Phi) is 10.9. The van der Waals surface area contributed by atoms with Gasteiger partial charge in [0, 0.05) is 44.8 Å². The fraction of sp³-hybridized carbons (Fsp3) is 0.500. The number of rotatable bonds is 10. The molecule has 4 saturated heterocycles. The first-order valence-corrected chi connectivity index (χ1v) is 18.7. The van der Waals surface area contributed by atoms with E-state index in [2.05, 4.69) is 64.9 Å². The van der Waals surface area contributed by atoms with Crippen LogP contribution in [0, 0.1) is 5.92 Å². The lowest BCUT2D eigenvalue weighted by atomic mass is 9.88. The van der Waals surface area contributed by atoms with E-state index in [1.165, 1.54) is 12.0 Å². The second-order valence-electron chi connectivity index (χ2n) is 14.5. The molecule has 274 valence electrons. The number of aromatic nitrogens is 3. The zero-order chi connectivity index (χ0) is 36.0. The Morgan fingerprint density at radius 3 is 2.25 bits per heavy atom. The summed E-state index contributed by atoms with van der Waals surface area (Å²) in [5.41, 5.74) is 9.19. The van der Waals surface area contributed by atoms with E-state index in [1.54, 1.807) is 18.5 Å². The molecule has 0 radical (unpaired) electrons. The van der Waals surface area contributed by atoms with E-state index in [4.69, 9.17) is 10.7 Å². The van der Waals surface area contributed by atoms with Gasteiger partial charge in [0.05, 0.1) is 18.1 Å². The molecular weight excluding hydrogens is 660 g/mol. The first-order chi connectivity index (χ1) is 25.3. The van der Waals surface area contributed by atoms with Crippen molar-refractivity contribution in [1.29, 1.82) is 0 Å². The minimum atomic E-state index is -0.722. The van der Waals surface area contributed by atoms with Crippen molar-refractivity contribution in [3.8, 4) is 0 Å². The molecule has 5 N–H and O–H groups in total. The molecule has 3 aromatic rings. The van der Waals surface area contributed by atoms with Crippen LogP contribution in [0.4, 0.5) is 23.0 Å². The Morgan fingerprint density at radius 1 is 0.827 bits per heavy atom. The number of piperidine rings is 4. The number of hydrogen-bond donors (Lipinski definition) is 4. The maximum absolute atomic E-state index is 12.6. The number of likely N-dealkylation sites (tertiary alicyclic amines) is 1. The van der Waals surface area contributed by atoms with E-state index < -0.39 is 23.8 Å². The molecular formula is C38H48N10O4. The smallest absolute Gasteiger partial charge is 0.271 e. The lowest BCUT2D eigenvalue weighted by Gasteiger charge is -2.38. The highest BCUT2D eigenvalue weighted by Gasteiger charge is 2.29. The summed E-state index contributed by atoms with van der Waals surface area (Å²) in [6, 6.07) is 11.3. The largest absolute Gasteiger partial charge is 0.370 e. The predicted molar refractivity (Wildman–Crippen MR) is 198 cm³/mol. The number of nitrogens with one attached hydrogen (secondary N) is 3. The van der Waals surface area contributed by atoms with Crippen LogP contribution in [0.25, 0.3) is 0 Å². The fourth-order valence-electron chi connectivity index (χ4n) is 7.86. The summed E-state index contributed by atoms with van der Waals surface area (Å²) in [6.45, 7) is 7.04. The summed E-state index contributed by atoms with van der Waals surface area (Å²) in [4.78, 5) is 68.7. The van der Waals surface area contributed by atoms with Crippen LogP contribution in [0.2, 0.25) is 0 Å². The van der Waals surface area contributed by atoms with Crippen LogP contribution in [0.5, 0.6) is 0 Å². The first kappa shape index (κ1) is 35.3. The number of imide groups is 1. The second-order valence-corrected chi connectivity index (χ2v) is 14.5. The van der Waals surface area contributed by atoms with Gasteiger partial charge in [-0.15, -0.1) is 0 Å². The maximum Gasteiger partial charge on any atom is 0.271 e. The van der Waals surface area contributed by atoms with Crippen molar-refractivity contribution in [3.05, 3.63) is 65.7 Å². The zero-order valence-corrected chi connectivity index (χ0v) is 29.6. The number of benzene rings is 1. The summed E-state index contributed by atoms with van der Waals surface area (Å²) in [5, 5.41) is 8.24. The van der Waals surface area contributed by atoms with Gasteiger partial charge < -0.3 is 31.1 Å². The summed E-state index contributed by atoms with van der Waals surface area (Å²) >= 11 is 0. The molecule has 6 heterocycles. The molecule has 4 fully saturated rings. The average Bonchev–Trinajstić information content (AvgIpc) is 3.17. The van der Waals surface area contributed by atoms with E-state index in [1.807, 2.05) is 6.07 Å². The highest BCUT2D eigenvalue weighted by atomic mass is 16.2. The van der Waals surface area contributed by atoms with Gasteiger partial charge in [-0.25, -0.2) is 15.0 Å². The lowest BCUT2D eigenvalue weighted by molar-refractivity contribution is -0.134. The van der Waals surface area contributed by atoms with Crippen molar-refractivity contribution in [3.63, 3.8) is 0 Å². The van der Waals surface area contributed by atoms with Gasteiger partial charge in [-0.2, -0.15) is 0 Å². The Morgan fingerprint density at radius 2 is 1.58 bits per heavy atom. The average molecular weight is 709 g/mol. The third kappa shape index (κ3) is 8.50. The molecule has 52 heavy (non-hydrogen) atoms. The monoisotopic (exact) mass is 708 g/mol. The number of pyridine rings is 1. The highest BCUT2D eigenvalue weighted by Crippen LogP contribution is 2.32. The zero-order valence-electron chi connectivity index (χ0n) is 29.6. The summed E-state index contributed by atoms with van der Waals surface area (Å²) in [7, 11) is 0. The molecule has 14 heteroatoms. The first-order valence-electron chi connectivity index (χ1n) is 18.7. The van der Waals surface area contributed by atoms with E-state index in [-0.39, 0.29) is 23.7 Å². The third-order valence-corrected chi connectivity index (χ3v) is 10.9. The van der Waals surface area contributed by atoms with Gasteiger partial charge in [-0.1, -0.05) is 12.1 Å². The Hall–Kier alpha value is -5.11. The van der Waals surface area contributed by atoms with Gasteiger partial charge in [0.15, 0.2) is 11.5 Å². The number of anilines is 4. The molecule has 0 unspecified atom stereocenters. The summed E-state index contributed by atoms with van der Waals surface area (Å²) < 4.78 is 0. The number of carbonyl (C=O) groups is 4. The van der Waals surface area contributed by atoms with Gasteiger partial charge in [-0.05, 0) is 106 Å². The standard InChI is InChI=1S/C38H48N10O4/c39-35(50)34-36(44-32(23-41-34)48-16-2-1-3-17-48)42-28-6-4-26(5-7-28)27-14-18-46(19-15-27)24-25-12-20-47(21-13-25)29-8-9-30(40-22-29)37(51)43-31-10-11-33(49)45-38(31)52/h4-9,22-23,25,27,31H,1-3,10-21,24H2,(H2,39,50)(H,42,44)(H,43,51)(H,45,49,52)/t31-/m0/s1. The number of carbonyl (C=O) groups excluding carboxylic acids is 4. The van der Waals surface area contributed by atoms with Gasteiger partial charge in [-0.3, -0.25) is 24.5 Å². The lowest BCUT2D eigenvalue weighted by Crippen LogP contribution is -2.52. The van der Waals surface area contributed by atoms with Gasteiger partial charge in [0.2, 0.25) is 11.8 Å². The van der Waals surface area contributed by atoms with Crippen LogP contribution in [-0.2, 0) is 9.59 Å². The molecule has 7 rings (SSSR count). The topological polar surface area (TPSA) is 179 Å². The molecule has 4 aliphatic heterocycles. The van der Waals surface area contributed by atoms with Crippen LogP contribution < -0.4 is 31.5 Å². The molecule has 1 aromatic carbocycles. The highest BCUT2D eigenvalue weighted by molar-refractivity contribution is 6.03. The van der Waals surface area contributed by atoms with Crippen molar-refractivity contribution in [2.24, 2.45) is 11.7 Å². The van der Waals surface area contributed by atoms with Crippen LogP contribution in [0.1, 0.15) is 90.2 Å². The van der Waals surface area contributed by atoms with Crippen molar-refractivity contribution >= 4 is 46.6 Å². The van der Waals surface area contributed by atoms with E-state index in [0.29, 0.717) is 24.1 Å². The third-order valence-electron chi connectivity index (χ3n) is 10.9. The number of primary amides is 1. The molecule has 2 aromatic heterocycles. The normalized spacial score (nSPS) is 20.7. The van der Waals surface area contributed by atoms with Crippen LogP contribution >= 0.6 is 0 Å². The SMILES string of the molecule is NC(=O)c1ncc(N2CCCCC2)nc1Nc1ccc(C2CCN(CC3CCN(c4ccc(C(=O)N[C@H]5CCC(=O)NC5=O)nc4)CC3)CC2)cc1. The Labute approximate surface area is 303 Å². The predicted octanol–water partition coefficient (Wildman–Crippen LogP) is 3.34. The minimum Gasteiger partial charge on any atom is -0.370 e. The maximum atomic E-state index is 12.6. The van der Waals surface area contributed by atoms with Gasteiger partial charge >= 0.3 is 0 Å². The van der Waals surface area contributed by atoms with Crippen LogP contribution in [0.3, 0.4) is 0 Å². The molecule has 0 bridgehead atoms. The molecule has 0 spiro atoms. The molecule has 1 atom stereocenters. The number of nitrogens with zero attached hydrogens (tertiary/aromatic N) is 6. The van der Waals surface area contributed by atoms with Crippen molar-refractivity contribution in [2.45, 2.75) is 69.7 Å². The minimum absolute atomic E-state index is 0.143. The number of amides is 4. The van der Waals surface area contributed by atoms with Gasteiger partial charge in [0.25, 0.3) is 11.8 Å². The van der Waals surface area contributed by atoms with E-state index >= 15 is 0 Å². The molecule has 14 nitrogen and oxygen atoms in total. The Bertz CT molecular complexity index is 1750.